The van der Waals surface area contributed by atoms with Crippen molar-refractivity contribution in [1.82, 2.24) is 25.0 Å². The smallest absolute Gasteiger partial charge is 0.155 e. The number of aromatic nitrogens is 5. The van der Waals surface area contributed by atoms with Gasteiger partial charge in [0.1, 0.15) is 10.7 Å². The van der Waals surface area contributed by atoms with E-state index in [9.17, 15) is 0 Å². The van der Waals surface area contributed by atoms with Gasteiger partial charge in [-0.3, -0.25) is 4.68 Å². The number of nitrogens with zero attached hydrogens (tertiary/aromatic N) is 5. The van der Waals surface area contributed by atoms with Gasteiger partial charge in [-0.25, -0.2) is 9.97 Å². The van der Waals surface area contributed by atoms with Crippen molar-refractivity contribution in [2.75, 3.05) is 11.9 Å². The summed E-state index contributed by atoms with van der Waals surface area (Å²) < 4.78 is 1.77. The number of hydrogen-bond acceptors (Lipinski definition) is 6. The Hall–Kier alpha value is -2.09. The lowest BCUT2D eigenvalue weighted by Crippen LogP contribution is -2.17. The molecule has 18 heavy (non-hydrogen) atoms. The maximum atomic E-state index is 5.56. The van der Waals surface area contributed by atoms with Crippen LogP contribution < -0.4 is 11.1 Å². The summed E-state index contributed by atoms with van der Waals surface area (Å²) in [6.45, 7) is 1.52. The first-order valence-corrected chi connectivity index (χ1v) is 5.87. The highest BCUT2D eigenvalue weighted by atomic mass is 32.1. The van der Waals surface area contributed by atoms with Crippen LogP contribution in [-0.4, -0.2) is 36.5 Å². The van der Waals surface area contributed by atoms with Gasteiger partial charge in [-0.05, 0) is 6.42 Å². The molecule has 3 N–H and O–H groups in total. The van der Waals surface area contributed by atoms with Crippen LogP contribution in [0.5, 0.6) is 0 Å². The Morgan fingerprint density at radius 1 is 1.33 bits per heavy atom. The molecule has 94 valence electrons. The summed E-state index contributed by atoms with van der Waals surface area (Å²) in [5.41, 5.74) is 6.08. The van der Waals surface area contributed by atoms with Crippen molar-refractivity contribution in [3.63, 3.8) is 0 Å². The normalized spacial score (nSPS) is 10.2. The fourth-order valence-corrected chi connectivity index (χ4v) is 1.60. The second-order valence-corrected chi connectivity index (χ2v) is 4.00. The number of nitrogens with two attached hydrogens (primary N) is 1. The Morgan fingerprint density at radius 3 is 2.89 bits per heavy atom. The van der Waals surface area contributed by atoms with E-state index in [1.165, 1.54) is 0 Å². The van der Waals surface area contributed by atoms with Crippen molar-refractivity contribution in [1.29, 1.82) is 0 Å². The van der Waals surface area contributed by atoms with E-state index in [0.717, 1.165) is 19.5 Å². The molecule has 0 atom stereocenters. The standard InChI is InChI=1S/C10H13N7S/c11-9(18)8-10(14-4-3-12-8)13-2-1-6-17-7-5-15-16-17/h3-5,7H,1-2,6H2,(H2,11,18)(H,13,14). The summed E-state index contributed by atoms with van der Waals surface area (Å²) in [4.78, 5) is 8.48. The molecule has 0 saturated carbocycles. The molecule has 0 unspecified atom stereocenters. The van der Waals surface area contributed by atoms with Gasteiger partial charge in [0.2, 0.25) is 0 Å². The molecule has 2 aromatic rings. The van der Waals surface area contributed by atoms with Gasteiger partial charge in [-0.15, -0.1) is 5.10 Å². The third-order valence-corrected chi connectivity index (χ3v) is 2.45. The van der Waals surface area contributed by atoms with Crippen LogP contribution in [-0.2, 0) is 6.54 Å². The predicted octanol–water partition coefficient (Wildman–Crippen LogP) is 0.204. The highest BCUT2D eigenvalue weighted by Crippen LogP contribution is 2.07. The van der Waals surface area contributed by atoms with Gasteiger partial charge in [-0.1, -0.05) is 17.4 Å². The number of thiocarbonyl (C=S) groups is 1. The highest BCUT2D eigenvalue weighted by Gasteiger charge is 2.06. The summed E-state index contributed by atoms with van der Waals surface area (Å²) in [7, 11) is 0. The minimum Gasteiger partial charge on any atom is -0.388 e. The Labute approximate surface area is 109 Å². The third-order valence-electron chi connectivity index (χ3n) is 2.26. The molecule has 0 aromatic carbocycles. The quantitative estimate of drug-likeness (QED) is 0.568. The second kappa shape index (κ2) is 6.01. The van der Waals surface area contributed by atoms with E-state index in [1.807, 2.05) is 6.20 Å². The molecule has 0 aliphatic heterocycles. The molecule has 0 radical (unpaired) electrons. The third kappa shape index (κ3) is 3.20. The first-order valence-electron chi connectivity index (χ1n) is 5.46. The van der Waals surface area contributed by atoms with Crippen LogP contribution in [0.15, 0.2) is 24.8 Å². The van der Waals surface area contributed by atoms with Crippen LogP contribution in [0.4, 0.5) is 5.82 Å². The molecular weight excluding hydrogens is 250 g/mol. The zero-order chi connectivity index (χ0) is 12.8. The number of hydrogen-bond donors (Lipinski definition) is 2. The zero-order valence-corrected chi connectivity index (χ0v) is 10.5. The summed E-state index contributed by atoms with van der Waals surface area (Å²) in [6.07, 6.45) is 7.52. The maximum Gasteiger partial charge on any atom is 0.155 e. The molecule has 0 saturated heterocycles. The van der Waals surface area contributed by atoms with Crippen LogP contribution >= 0.6 is 12.2 Å². The van der Waals surface area contributed by atoms with Crippen molar-refractivity contribution in [2.45, 2.75) is 13.0 Å². The summed E-state index contributed by atoms with van der Waals surface area (Å²) in [5, 5.41) is 10.8. The van der Waals surface area contributed by atoms with Crippen molar-refractivity contribution in [2.24, 2.45) is 5.73 Å². The van der Waals surface area contributed by atoms with Crippen LogP contribution in [0.3, 0.4) is 0 Å². The van der Waals surface area contributed by atoms with Crippen LogP contribution in [0.1, 0.15) is 12.1 Å². The van der Waals surface area contributed by atoms with E-state index in [0.29, 0.717) is 11.5 Å². The van der Waals surface area contributed by atoms with Crippen molar-refractivity contribution >= 4 is 23.0 Å². The molecule has 0 aliphatic rings. The lowest BCUT2D eigenvalue weighted by molar-refractivity contribution is 0.569. The molecule has 0 amide bonds. The Morgan fingerprint density at radius 2 is 2.17 bits per heavy atom. The van der Waals surface area contributed by atoms with Crippen LogP contribution in [0.25, 0.3) is 0 Å². The summed E-state index contributed by atoms with van der Waals surface area (Å²) >= 11 is 4.91. The number of aryl methyl sites for hydroxylation is 1. The molecule has 2 heterocycles. The first kappa shape index (κ1) is 12.4. The van der Waals surface area contributed by atoms with Gasteiger partial charge in [0.15, 0.2) is 5.82 Å². The van der Waals surface area contributed by atoms with E-state index in [-0.39, 0.29) is 4.99 Å². The van der Waals surface area contributed by atoms with Crippen LogP contribution in [0, 0.1) is 0 Å². The van der Waals surface area contributed by atoms with Crippen molar-refractivity contribution < 1.29 is 0 Å². The largest absolute Gasteiger partial charge is 0.388 e. The minimum atomic E-state index is 0.238. The SMILES string of the molecule is NC(=S)c1nccnc1NCCCn1ccnn1. The molecule has 0 aliphatic carbocycles. The van der Waals surface area contributed by atoms with Crippen LogP contribution in [0.2, 0.25) is 0 Å². The molecule has 8 heteroatoms. The van der Waals surface area contributed by atoms with E-state index >= 15 is 0 Å². The fourth-order valence-electron chi connectivity index (χ4n) is 1.45. The topological polar surface area (TPSA) is 94.5 Å². The Balaban J connectivity index is 1.85. The number of rotatable bonds is 6. The molecule has 0 bridgehead atoms. The predicted molar refractivity (Wildman–Crippen MR) is 71.0 cm³/mol. The van der Waals surface area contributed by atoms with Gasteiger partial charge in [0.05, 0.1) is 6.20 Å². The Kier molecular flexibility index (Phi) is 4.13. The lowest BCUT2D eigenvalue weighted by Gasteiger charge is -2.08. The van der Waals surface area contributed by atoms with E-state index in [1.54, 1.807) is 23.3 Å². The molecular formula is C10H13N7S. The second-order valence-electron chi connectivity index (χ2n) is 3.56. The summed E-state index contributed by atoms with van der Waals surface area (Å²) in [6, 6.07) is 0. The maximum absolute atomic E-state index is 5.56. The van der Waals surface area contributed by atoms with Gasteiger partial charge < -0.3 is 11.1 Å². The van der Waals surface area contributed by atoms with E-state index < -0.39 is 0 Å². The number of nitrogens with one attached hydrogen (secondary N) is 1. The van der Waals surface area contributed by atoms with E-state index in [2.05, 4.69) is 25.6 Å². The van der Waals surface area contributed by atoms with Gasteiger partial charge >= 0.3 is 0 Å². The molecule has 7 nitrogen and oxygen atoms in total. The van der Waals surface area contributed by atoms with Gasteiger partial charge in [0.25, 0.3) is 0 Å². The van der Waals surface area contributed by atoms with Crippen molar-refractivity contribution in [3.05, 3.63) is 30.5 Å². The zero-order valence-electron chi connectivity index (χ0n) is 9.65. The lowest BCUT2D eigenvalue weighted by atomic mass is 10.3. The molecule has 0 fully saturated rings. The average molecular weight is 263 g/mol. The molecule has 2 rings (SSSR count). The summed E-state index contributed by atoms with van der Waals surface area (Å²) in [5.74, 6) is 0.614. The van der Waals surface area contributed by atoms with Gasteiger partial charge in [0, 0.05) is 31.7 Å². The minimum absolute atomic E-state index is 0.238. The van der Waals surface area contributed by atoms with Gasteiger partial charge in [-0.2, -0.15) is 0 Å². The molecule has 2 aromatic heterocycles. The van der Waals surface area contributed by atoms with Crippen molar-refractivity contribution in [3.8, 4) is 0 Å². The Bertz CT molecular complexity index is 511. The van der Waals surface area contributed by atoms with E-state index in [4.69, 9.17) is 18.0 Å². The first-order chi connectivity index (χ1) is 8.77. The molecule has 0 spiro atoms. The average Bonchev–Trinajstić information content (AvgIpc) is 2.88. The number of anilines is 1. The monoisotopic (exact) mass is 263 g/mol. The highest BCUT2D eigenvalue weighted by molar-refractivity contribution is 7.80. The fraction of sp³-hybridized carbons (Fsp3) is 0.300.